The standard InChI is InChI=1S/C15H15N3OS.ClH/c16-7-8-18-12-5-2-1-4-11(12)17-15(13(18)10-19)14-6-3-9-20-14;/h1-6,9-10,13H,7-8,16H2;1H. The molecule has 0 saturated heterocycles. The molecule has 2 N–H and O–H groups in total. The van der Waals surface area contributed by atoms with Crippen LogP contribution >= 0.6 is 23.7 Å². The van der Waals surface area contributed by atoms with Crippen LogP contribution in [0.1, 0.15) is 4.88 Å². The van der Waals surface area contributed by atoms with E-state index >= 15 is 0 Å². The van der Waals surface area contributed by atoms with Crippen LogP contribution in [0, 0.1) is 0 Å². The van der Waals surface area contributed by atoms with Gasteiger partial charge in [0.2, 0.25) is 0 Å². The lowest BCUT2D eigenvalue weighted by Crippen LogP contribution is -2.46. The fourth-order valence-corrected chi connectivity index (χ4v) is 3.20. The second kappa shape index (κ2) is 6.85. The molecule has 6 heteroatoms. The van der Waals surface area contributed by atoms with Gasteiger partial charge >= 0.3 is 0 Å². The zero-order valence-electron chi connectivity index (χ0n) is 11.3. The summed E-state index contributed by atoms with van der Waals surface area (Å²) in [5.74, 6) is 0. The molecule has 2 aromatic rings. The summed E-state index contributed by atoms with van der Waals surface area (Å²) in [4.78, 5) is 19.3. The Balaban J connectivity index is 0.00000161. The van der Waals surface area contributed by atoms with Gasteiger partial charge in [0.05, 0.1) is 22.0 Å². The number of thiophene rings is 1. The lowest BCUT2D eigenvalue weighted by molar-refractivity contribution is -0.107. The summed E-state index contributed by atoms with van der Waals surface area (Å²) in [7, 11) is 0. The van der Waals surface area contributed by atoms with Crippen molar-refractivity contribution in [1.29, 1.82) is 0 Å². The van der Waals surface area contributed by atoms with Gasteiger partial charge in [-0.15, -0.1) is 23.7 Å². The van der Waals surface area contributed by atoms with E-state index in [1.54, 1.807) is 11.3 Å². The van der Waals surface area contributed by atoms with Crippen molar-refractivity contribution in [3.63, 3.8) is 0 Å². The van der Waals surface area contributed by atoms with Crippen molar-refractivity contribution in [1.82, 2.24) is 0 Å². The van der Waals surface area contributed by atoms with Gasteiger partial charge in [0.15, 0.2) is 0 Å². The zero-order valence-corrected chi connectivity index (χ0v) is 12.9. The zero-order chi connectivity index (χ0) is 13.9. The molecule has 1 aromatic heterocycles. The molecule has 21 heavy (non-hydrogen) atoms. The molecule has 0 fully saturated rings. The number of nitrogens with zero attached hydrogens (tertiary/aromatic N) is 2. The molecule has 3 rings (SSSR count). The Hall–Kier alpha value is -1.69. The highest BCUT2D eigenvalue weighted by Gasteiger charge is 2.30. The molecule has 0 spiro atoms. The summed E-state index contributed by atoms with van der Waals surface area (Å²) in [5.41, 5.74) is 8.37. The molecule has 0 amide bonds. The Labute approximate surface area is 133 Å². The van der Waals surface area contributed by atoms with E-state index in [1.165, 1.54) is 0 Å². The van der Waals surface area contributed by atoms with Gasteiger partial charge in [-0.05, 0) is 23.6 Å². The number of halogens is 1. The first-order chi connectivity index (χ1) is 9.85. The summed E-state index contributed by atoms with van der Waals surface area (Å²) in [6.45, 7) is 1.13. The maximum atomic E-state index is 11.6. The lowest BCUT2D eigenvalue weighted by Gasteiger charge is -2.34. The summed E-state index contributed by atoms with van der Waals surface area (Å²) in [5, 5.41) is 1.99. The summed E-state index contributed by atoms with van der Waals surface area (Å²) >= 11 is 1.60. The van der Waals surface area contributed by atoms with E-state index in [9.17, 15) is 4.79 Å². The van der Waals surface area contributed by atoms with E-state index in [0.717, 1.165) is 28.2 Å². The van der Waals surface area contributed by atoms with Crippen LogP contribution in [0.15, 0.2) is 46.8 Å². The smallest absolute Gasteiger partial charge is 0.148 e. The average Bonchev–Trinajstić information content (AvgIpc) is 3.01. The van der Waals surface area contributed by atoms with Crippen molar-refractivity contribution < 1.29 is 4.79 Å². The highest BCUT2D eigenvalue weighted by Crippen LogP contribution is 2.35. The molecule has 110 valence electrons. The first-order valence-corrected chi connectivity index (χ1v) is 7.36. The van der Waals surface area contributed by atoms with Crippen LogP contribution in [-0.2, 0) is 4.79 Å². The molecule has 1 atom stereocenters. The van der Waals surface area contributed by atoms with Gasteiger partial charge in [0, 0.05) is 13.1 Å². The maximum Gasteiger partial charge on any atom is 0.148 e. The van der Waals surface area contributed by atoms with E-state index in [4.69, 9.17) is 5.73 Å². The number of rotatable bonds is 4. The number of para-hydroxylation sites is 2. The van der Waals surface area contributed by atoms with Crippen LogP contribution in [0.2, 0.25) is 0 Å². The topological polar surface area (TPSA) is 58.7 Å². The number of aldehydes is 1. The van der Waals surface area contributed by atoms with Gasteiger partial charge in [-0.2, -0.15) is 0 Å². The number of fused-ring (bicyclic) bond motifs is 1. The average molecular weight is 322 g/mol. The Morgan fingerprint density at radius 1 is 1.29 bits per heavy atom. The van der Waals surface area contributed by atoms with Gasteiger partial charge in [-0.3, -0.25) is 0 Å². The second-order valence-electron chi connectivity index (χ2n) is 4.53. The predicted molar refractivity (Wildman–Crippen MR) is 90.5 cm³/mol. The van der Waals surface area contributed by atoms with Crippen LogP contribution in [-0.4, -0.2) is 31.1 Å². The first-order valence-electron chi connectivity index (χ1n) is 6.48. The number of hydrogen-bond donors (Lipinski definition) is 1. The van der Waals surface area contributed by atoms with E-state index in [2.05, 4.69) is 4.99 Å². The van der Waals surface area contributed by atoms with Gasteiger partial charge in [-0.25, -0.2) is 4.99 Å². The lowest BCUT2D eigenvalue weighted by atomic mass is 10.0. The van der Waals surface area contributed by atoms with E-state index in [1.807, 2.05) is 46.7 Å². The van der Waals surface area contributed by atoms with Crippen LogP contribution in [0.3, 0.4) is 0 Å². The molecule has 0 saturated carbocycles. The highest BCUT2D eigenvalue weighted by molar-refractivity contribution is 7.12. The van der Waals surface area contributed by atoms with E-state index < -0.39 is 0 Å². The SMILES string of the molecule is Cl.NCCN1c2ccccc2N=C(c2cccs2)C1C=O. The molecule has 2 heterocycles. The Morgan fingerprint density at radius 2 is 2.10 bits per heavy atom. The summed E-state index contributed by atoms with van der Waals surface area (Å²) < 4.78 is 0. The number of nitrogens with two attached hydrogens (primary N) is 1. The fraction of sp³-hybridized carbons (Fsp3) is 0.200. The van der Waals surface area contributed by atoms with Gasteiger partial charge in [-0.1, -0.05) is 18.2 Å². The van der Waals surface area contributed by atoms with Crippen LogP contribution in [0.25, 0.3) is 0 Å². The third kappa shape index (κ3) is 2.85. The molecule has 1 aromatic carbocycles. The molecular formula is C15H16ClN3OS. The predicted octanol–water partition coefficient (Wildman–Crippen LogP) is 2.64. The first kappa shape index (κ1) is 15.7. The second-order valence-corrected chi connectivity index (χ2v) is 5.47. The maximum absolute atomic E-state index is 11.6. The Bertz CT molecular complexity index is 642. The molecular weight excluding hydrogens is 306 g/mol. The van der Waals surface area contributed by atoms with Crippen molar-refractivity contribution in [2.75, 3.05) is 18.0 Å². The third-order valence-electron chi connectivity index (χ3n) is 3.32. The molecule has 1 unspecified atom stereocenters. The number of anilines is 1. The number of carbonyl (C=O) groups is 1. The largest absolute Gasteiger partial charge is 0.353 e. The Kier molecular flexibility index (Phi) is 5.12. The van der Waals surface area contributed by atoms with Crippen molar-refractivity contribution in [3.8, 4) is 0 Å². The minimum Gasteiger partial charge on any atom is -0.353 e. The molecule has 0 radical (unpaired) electrons. The van der Waals surface area contributed by atoms with Crippen molar-refractivity contribution in [2.24, 2.45) is 10.7 Å². The highest BCUT2D eigenvalue weighted by atomic mass is 35.5. The molecule has 4 nitrogen and oxygen atoms in total. The van der Waals surface area contributed by atoms with Crippen LogP contribution in [0.5, 0.6) is 0 Å². The van der Waals surface area contributed by atoms with Gasteiger partial charge in [0.1, 0.15) is 12.3 Å². The number of carbonyl (C=O) groups excluding carboxylic acids is 1. The number of benzene rings is 1. The summed E-state index contributed by atoms with van der Waals surface area (Å²) in [6, 6.07) is 11.5. The van der Waals surface area contributed by atoms with Crippen LogP contribution in [0.4, 0.5) is 11.4 Å². The Morgan fingerprint density at radius 3 is 2.76 bits per heavy atom. The van der Waals surface area contributed by atoms with Gasteiger partial charge < -0.3 is 15.4 Å². The van der Waals surface area contributed by atoms with Crippen LogP contribution < -0.4 is 10.6 Å². The van der Waals surface area contributed by atoms with Crippen molar-refractivity contribution >= 4 is 47.1 Å². The third-order valence-corrected chi connectivity index (χ3v) is 4.21. The summed E-state index contributed by atoms with van der Waals surface area (Å²) in [6.07, 6.45) is 0.949. The normalized spacial score (nSPS) is 16.7. The molecule has 0 bridgehead atoms. The van der Waals surface area contributed by atoms with Crippen molar-refractivity contribution in [3.05, 3.63) is 46.7 Å². The van der Waals surface area contributed by atoms with Crippen molar-refractivity contribution in [2.45, 2.75) is 6.04 Å². The molecule has 1 aliphatic rings. The molecule has 1 aliphatic heterocycles. The number of hydrogen-bond acceptors (Lipinski definition) is 5. The minimum absolute atomic E-state index is 0. The quantitative estimate of drug-likeness (QED) is 0.881. The fourth-order valence-electron chi connectivity index (χ4n) is 2.46. The minimum atomic E-state index is -0.368. The van der Waals surface area contributed by atoms with E-state index in [0.29, 0.717) is 13.1 Å². The number of aliphatic imine (C=N–C) groups is 1. The molecule has 0 aliphatic carbocycles. The van der Waals surface area contributed by atoms with E-state index in [-0.39, 0.29) is 18.4 Å². The van der Waals surface area contributed by atoms with Gasteiger partial charge in [0.25, 0.3) is 0 Å². The monoisotopic (exact) mass is 321 g/mol.